The third kappa shape index (κ3) is 1.74. The van der Waals surface area contributed by atoms with Gasteiger partial charge in [0, 0.05) is 0 Å². The van der Waals surface area contributed by atoms with Crippen molar-refractivity contribution in [2.45, 2.75) is 39.5 Å². The summed E-state index contributed by atoms with van der Waals surface area (Å²) in [6.07, 6.45) is 5.16. The van der Waals surface area contributed by atoms with Gasteiger partial charge in [-0.25, -0.2) is 5.90 Å². The van der Waals surface area contributed by atoms with Crippen molar-refractivity contribution >= 4 is 0 Å². The minimum Gasteiger partial charge on any atom is -0.304 e. The molecule has 0 heterocycles. The maximum Gasteiger partial charge on any atom is 0.0738 e. The van der Waals surface area contributed by atoms with E-state index in [9.17, 15) is 0 Å². The van der Waals surface area contributed by atoms with Gasteiger partial charge in [-0.3, -0.25) is 0 Å². The molecule has 0 unspecified atom stereocenters. The van der Waals surface area contributed by atoms with Crippen molar-refractivity contribution in [1.82, 2.24) is 0 Å². The van der Waals surface area contributed by atoms with Crippen LogP contribution in [0.4, 0.5) is 0 Å². The van der Waals surface area contributed by atoms with Crippen LogP contribution in [0.1, 0.15) is 39.5 Å². The molecule has 1 rings (SSSR count). The first kappa shape index (κ1) is 9.01. The third-order valence-electron chi connectivity index (χ3n) is 3.11. The van der Waals surface area contributed by atoms with Gasteiger partial charge < -0.3 is 4.84 Å². The van der Waals surface area contributed by atoms with Crippen molar-refractivity contribution in [1.29, 1.82) is 0 Å². The standard InChI is InChI=1S/C9H19NO/c1-3-8(4-2)9(5-6-9)7-11-10/h8H,3-7,10H2,1-2H3. The number of nitrogens with two attached hydrogens (primary N) is 1. The van der Waals surface area contributed by atoms with Crippen LogP contribution >= 0.6 is 0 Å². The zero-order chi connectivity index (χ0) is 8.32. The Kier molecular flexibility index (Phi) is 2.90. The molecule has 1 aliphatic carbocycles. The zero-order valence-corrected chi connectivity index (χ0v) is 7.60. The van der Waals surface area contributed by atoms with Crippen LogP contribution in [0.3, 0.4) is 0 Å². The second-order valence-electron chi connectivity index (χ2n) is 3.69. The van der Waals surface area contributed by atoms with Crippen LogP contribution in [0, 0.1) is 11.3 Å². The Bertz CT molecular complexity index is 117. The van der Waals surface area contributed by atoms with E-state index < -0.39 is 0 Å². The van der Waals surface area contributed by atoms with Crippen LogP contribution in [0.15, 0.2) is 0 Å². The first-order valence-corrected chi connectivity index (χ1v) is 4.60. The molecule has 0 spiro atoms. The van der Waals surface area contributed by atoms with Crippen LogP contribution < -0.4 is 5.90 Å². The Hall–Kier alpha value is -0.0800. The molecule has 1 fully saturated rings. The van der Waals surface area contributed by atoms with Crippen LogP contribution in [0.2, 0.25) is 0 Å². The lowest BCUT2D eigenvalue weighted by Crippen LogP contribution is -2.22. The summed E-state index contributed by atoms with van der Waals surface area (Å²) in [6, 6.07) is 0. The minimum absolute atomic E-state index is 0.470. The summed E-state index contributed by atoms with van der Waals surface area (Å²) in [6.45, 7) is 5.27. The highest BCUT2D eigenvalue weighted by Crippen LogP contribution is 2.54. The summed E-state index contributed by atoms with van der Waals surface area (Å²) >= 11 is 0. The van der Waals surface area contributed by atoms with Crippen LogP contribution in [-0.2, 0) is 4.84 Å². The summed E-state index contributed by atoms with van der Waals surface area (Å²) in [4.78, 5) is 4.75. The Morgan fingerprint density at radius 3 is 2.18 bits per heavy atom. The Morgan fingerprint density at radius 2 is 1.91 bits per heavy atom. The van der Waals surface area contributed by atoms with E-state index in [2.05, 4.69) is 13.8 Å². The molecular weight excluding hydrogens is 138 g/mol. The predicted octanol–water partition coefficient (Wildman–Crippen LogP) is 2.09. The molecule has 0 aliphatic heterocycles. The van der Waals surface area contributed by atoms with Gasteiger partial charge in [-0.05, 0) is 24.2 Å². The van der Waals surface area contributed by atoms with Gasteiger partial charge in [0.15, 0.2) is 0 Å². The summed E-state index contributed by atoms with van der Waals surface area (Å²) in [7, 11) is 0. The maximum absolute atomic E-state index is 5.10. The number of hydrogen-bond acceptors (Lipinski definition) is 2. The Morgan fingerprint density at radius 1 is 1.36 bits per heavy atom. The molecule has 2 N–H and O–H groups in total. The van der Waals surface area contributed by atoms with E-state index in [4.69, 9.17) is 10.7 Å². The molecule has 1 saturated carbocycles. The molecule has 66 valence electrons. The molecule has 11 heavy (non-hydrogen) atoms. The fourth-order valence-electron chi connectivity index (χ4n) is 2.15. The fourth-order valence-corrected chi connectivity index (χ4v) is 2.15. The smallest absolute Gasteiger partial charge is 0.0738 e. The third-order valence-corrected chi connectivity index (χ3v) is 3.11. The second kappa shape index (κ2) is 3.55. The highest BCUT2D eigenvalue weighted by molar-refractivity contribution is 4.97. The number of hydrogen-bond donors (Lipinski definition) is 1. The van der Waals surface area contributed by atoms with Crippen molar-refractivity contribution in [3.63, 3.8) is 0 Å². The highest BCUT2D eigenvalue weighted by atomic mass is 16.6. The van der Waals surface area contributed by atoms with Gasteiger partial charge in [0.2, 0.25) is 0 Å². The molecule has 0 aromatic carbocycles. The molecule has 2 heteroatoms. The normalized spacial score (nSPS) is 20.7. The molecule has 0 amide bonds. The van der Waals surface area contributed by atoms with Crippen molar-refractivity contribution in [3.05, 3.63) is 0 Å². The molecule has 2 nitrogen and oxygen atoms in total. The van der Waals surface area contributed by atoms with Gasteiger partial charge in [-0.15, -0.1) is 0 Å². The van der Waals surface area contributed by atoms with E-state index in [0.29, 0.717) is 5.41 Å². The van der Waals surface area contributed by atoms with Gasteiger partial charge >= 0.3 is 0 Å². The van der Waals surface area contributed by atoms with Gasteiger partial charge in [0.25, 0.3) is 0 Å². The van der Waals surface area contributed by atoms with E-state index >= 15 is 0 Å². The molecule has 0 radical (unpaired) electrons. The van der Waals surface area contributed by atoms with Gasteiger partial charge in [-0.1, -0.05) is 26.7 Å². The van der Waals surface area contributed by atoms with E-state index in [1.54, 1.807) is 0 Å². The fraction of sp³-hybridized carbons (Fsp3) is 1.00. The van der Waals surface area contributed by atoms with Crippen molar-refractivity contribution in [3.8, 4) is 0 Å². The lowest BCUT2D eigenvalue weighted by atomic mass is 9.85. The van der Waals surface area contributed by atoms with E-state index in [0.717, 1.165) is 12.5 Å². The first-order chi connectivity index (χ1) is 5.29. The second-order valence-corrected chi connectivity index (χ2v) is 3.69. The summed E-state index contributed by atoms with van der Waals surface area (Å²) in [5.41, 5.74) is 0.470. The Labute approximate surface area is 69.1 Å². The first-order valence-electron chi connectivity index (χ1n) is 4.60. The van der Waals surface area contributed by atoms with Crippen LogP contribution in [0.5, 0.6) is 0 Å². The number of rotatable bonds is 5. The SMILES string of the molecule is CCC(CC)C1(CON)CC1. The van der Waals surface area contributed by atoms with E-state index in [-0.39, 0.29) is 0 Å². The molecule has 0 aromatic heterocycles. The molecule has 0 atom stereocenters. The molecule has 0 saturated heterocycles. The predicted molar refractivity (Wildman–Crippen MR) is 45.9 cm³/mol. The highest BCUT2D eigenvalue weighted by Gasteiger charge is 2.47. The molecule has 1 aliphatic rings. The molecule has 0 bridgehead atoms. The summed E-state index contributed by atoms with van der Waals surface area (Å²) < 4.78 is 0. The van der Waals surface area contributed by atoms with E-state index in [1.807, 2.05) is 0 Å². The molecular formula is C9H19NO. The van der Waals surface area contributed by atoms with Crippen LogP contribution in [-0.4, -0.2) is 6.61 Å². The monoisotopic (exact) mass is 157 g/mol. The van der Waals surface area contributed by atoms with Gasteiger partial charge in [0.05, 0.1) is 6.61 Å². The lowest BCUT2D eigenvalue weighted by molar-refractivity contribution is 0.0621. The lowest BCUT2D eigenvalue weighted by Gasteiger charge is -2.23. The zero-order valence-electron chi connectivity index (χ0n) is 7.60. The van der Waals surface area contributed by atoms with Gasteiger partial charge in [0.1, 0.15) is 0 Å². The van der Waals surface area contributed by atoms with Gasteiger partial charge in [-0.2, -0.15) is 0 Å². The largest absolute Gasteiger partial charge is 0.304 e. The summed E-state index contributed by atoms with van der Waals surface area (Å²) in [5, 5.41) is 0. The van der Waals surface area contributed by atoms with Crippen LogP contribution in [0.25, 0.3) is 0 Å². The maximum atomic E-state index is 5.10. The van der Waals surface area contributed by atoms with E-state index in [1.165, 1.54) is 25.7 Å². The van der Waals surface area contributed by atoms with Crippen molar-refractivity contribution in [2.75, 3.05) is 6.61 Å². The average molecular weight is 157 g/mol. The molecule has 0 aromatic rings. The summed E-state index contributed by atoms with van der Waals surface area (Å²) in [5.74, 6) is 5.93. The quantitative estimate of drug-likeness (QED) is 0.620. The van der Waals surface area contributed by atoms with Crippen molar-refractivity contribution < 1.29 is 4.84 Å². The van der Waals surface area contributed by atoms with Crippen molar-refractivity contribution in [2.24, 2.45) is 17.2 Å². The minimum atomic E-state index is 0.470. The average Bonchev–Trinajstić information content (AvgIpc) is 2.73. The Balaban J connectivity index is 2.41. The topological polar surface area (TPSA) is 35.2 Å².